The molecule has 1 aliphatic heterocycles. The molecule has 9 nitrogen and oxygen atoms in total. The van der Waals surface area contributed by atoms with Crippen molar-refractivity contribution in [3.05, 3.63) is 92.8 Å². The highest BCUT2D eigenvalue weighted by Crippen LogP contribution is 2.43. The van der Waals surface area contributed by atoms with Crippen molar-refractivity contribution in [2.75, 3.05) is 0 Å². The number of hydrogen-bond acceptors (Lipinski definition) is 6. The topological polar surface area (TPSA) is 100.0 Å². The van der Waals surface area contributed by atoms with E-state index in [4.69, 9.17) is 9.57 Å². The van der Waals surface area contributed by atoms with Crippen molar-refractivity contribution in [2.24, 2.45) is 12.2 Å². The Morgan fingerprint density at radius 2 is 1.55 bits per heavy atom. The lowest BCUT2D eigenvalue weighted by Crippen LogP contribution is -2.51. The molecule has 1 N–H and O–H groups in total. The molecular formula is C24H26N4O5. The second-order valence-electron chi connectivity index (χ2n) is 8.55. The molecule has 1 saturated carbocycles. The van der Waals surface area contributed by atoms with E-state index in [2.05, 4.69) is 5.16 Å². The van der Waals surface area contributed by atoms with Crippen molar-refractivity contribution >= 4 is 5.71 Å². The molecule has 0 saturated heterocycles. The molecule has 172 valence electrons. The van der Waals surface area contributed by atoms with Gasteiger partial charge < -0.3 is 14.7 Å². The van der Waals surface area contributed by atoms with E-state index in [1.807, 2.05) is 67.6 Å². The first kappa shape index (κ1) is 21.4. The van der Waals surface area contributed by atoms with Crippen LogP contribution in [0.4, 0.5) is 0 Å². The predicted molar refractivity (Wildman–Crippen MR) is 121 cm³/mol. The molecule has 1 aromatic heterocycles. The predicted octanol–water partition coefficient (Wildman–Crippen LogP) is 1.60. The number of fused-ring (bicyclic) bond motifs is 5. The number of aliphatic hydroxyl groups is 1. The van der Waals surface area contributed by atoms with Gasteiger partial charge in [0, 0.05) is 7.05 Å². The van der Waals surface area contributed by atoms with Gasteiger partial charge in [0.25, 0.3) is 0 Å². The minimum Gasteiger partial charge on any atom is -0.387 e. The molecule has 4 unspecified atom stereocenters. The Balaban J connectivity index is 1.48. The summed E-state index contributed by atoms with van der Waals surface area (Å²) in [5.41, 5.74) is 1.59. The Labute approximate surface area is 190 Å². The molecule has 3 aromatic rings. The van der Waals surface area contributed by atoms with E-state index in [9.17, 15) is 14.7 Å². The summed E-state index contributed by atoms with van der Waals surface area (Å²) >= 11 is 0. The van der Waals surface area contributed by atoms with Crippen LogP contribution in [0.15, 0.2) is 75.4 Å². The molecule has 2 aliphatic rings. The smallest absolute Gasteiger partial charge is 0.347 e. The fraction of sp³-hybridized carbons (Fsp3) is 0.375. The summed E-state index contributed by atoms with van der Waals surface area (Å²) in [4.78, 5) is 31.5. The van der Waals surface area contributed by atoms with Crippen LogP contribution in [-0.4, -0.2) is 43.1 Å². The number of rotatable bonds is 6. The zero-order valence-electron chi connectivity index (χ0n) is 18.4. The van der Waals surface area contributed by atoms with Gasteiger partial charge in [-0.05, 0) is 24.5 Å². The van der Waals surface area contributed by atoms with Crippen LogP contribution in [0, 0.1) is 0 Å². The lowest BCUT2D eigenvalue weighted by atomic mass is 9.85. The van der Waals surface area contributed by atoms with Gasteiger partial charge in [0.2, 0.25) is 0 Å². The molecule has 5 rings (SSSR count). The fourth-order valence-electron chi connectivity index (χ4n) is 4.79. The van der Waals surface area contributed by atoms with Gasteiger partial charge in [-0.1, -0.05) is 65.8 Å². The second kappa shape index (κ2) is 8.49. The third kappa shape index (κ3) is 3.63. The molecule has 1 fully saturated rings. The molecular weight excluding hydrogens is 424 g/mol. The van der Waals surface area contributed by atoms with Gasteiger partial charge in [-0.15, -0.1) is 0 Å². The van der Waals surface area contributed by atoms with Gasteiger partial charge in [-0.3, -0.25) is 0 Å². The molecule has 2 aromatic carbocycles. The first-order chi connectivity index (χ1) is 16.0. The largest absolute Gasteiger partial charge is 0.387 e. The Kier molecular flexibility index (Phi) is 5.51. The molecule has 0 spiro atoms. The van der Waals surface area contributed by atoms with Crippen LogP contribution in [0.25, 0.3) is 0 Å². The van der Waals surface area contributed by atoms with Gasteiger partial charge >= 0.3 is 11.4 Å². The van der Waals surface area contributed by atoms with E-state index in [0.717, 1.165) is 15.7 Å². The number of aliphatic hydroxyl groups excluding tert-OH is 1. The molecule has 2 heterocycles. The second-order valence-corrected chi connectivity index (χ2v) is 8.55. The maximum atomic E-state index is 12.8. The van der Waals surface area contributed by atoms with E-state index < -0.39 is 41.8 Å². The average molecular weight is 450 g/mol. The summed E-state index contributed by atoms with van der Waals surface area (Å²) in [5.74, 6) is 0. The zero-order chi connectivity index (χ0) is 23.1. The Morgan fingerprint density at radius 1 is 0.970 bits per heavy atom. The van der Waals surface area contributed by atoms with Crippen LogP contribution >= 0.6 is 0 Å². The normalized spacial score (nSPS) is 26.3. The zero-order valence-corrected chi connectivity index (χ0v) is 18.4. The fourth-order valence-corrected chi connectivity index (χ4v) is 4.79. The number of nitrogens with zero attached hydrogens (tertiary/aromatic N) is 4. The van der Waals surface area contributed by atoms with Gasteiger partial charge in [0.15, 0.2) is 6.10 Å². The van der Waals surface area contributed by atoms with E-state index in [1.165, 1.54) is 16.4 Å². The van der Waals surface area contributed by atoms with Gasteiger partial charge in [0.1, 0.15) is 12.2 Å². The van der Waals surface area contributed by atoms with Crippen molar-refractivity contribution in [3.63, 3.8) is 0 Å². The summed E-state index contributed by atoms with van der Waals surface area (Å²) < 4.78 is 10.00. The Morgan fingerprint density at radius 3 is 2.18 bits per heavy atom. The molecule has 1 aliphatic carbocycles. The highest BCUT2D eigenvalue weighted by molar-refractivity contribution is 5.98. The van der Waals surface area contributed by atoms with Crippen molar-refractivity contribution < 1.29 is 14.7 Å². The van der Waals surface area contributed by atoms with Gasteiger partial charge in [-0.25, -0.2) is 23.5 Å². The number of benzene rings is 2. The van der Waals surface area contributed by atoms with Crippen molar-refractivity contribution in [3.8, 4) is 0 Å². The van der Waals surface area contributed by atoms with Crippen molar-refractivity contribution in [1.82, 2.24) is 13.9 Å². The number of hydrogen-bond donors (Lipinski definition) is 1. The van der Waals surface area contributed by atoms with Crippen LogP contribution in [0.2, 0.25) is 0 Å². The minimum absolute atomic E-state index is 0.259. The first-order valence-corrected chi connectivity index (χ1v) is 11.0. The SMILES string of the molecule is C/C(=N\OC1C2CC(C(OCc3ccccc3)[C@H]1O)n1c(=O)n(C)c(=O)n12)c1ccccc1. The van der Waals surface area contributed by atoms with Crippen LogP contribution < -0.4 is 11.4 Å². The minimum atomic E-state index is -1.08. The summed E-state index contributed by atoms with van der Waals surface area (Å²) in [5, 5.41) is 15.5. The van der Waals surface area contributed by atoms with E-state index in [0.29, 0.717) is 12.1 Å². The number of ether oxygens (including phenoxy) is 1. The van der Waals surface area contributed by atoms with Crippen LogP contribution in [0.3, 0.4) is 0 Å². The highest BCUT2D eigenvalue weighted by atomic mass is 16.6. The molecule has 33 heavy (non-hydrogen) atoms. The Hall–Kier alpha value is -3.43. The molecule has 9 heteroatoms. The van der Waals surface area contributed by atoms with E-state index >= 15 is 0 Å². The lowest BCUT2D eigenvalue weighted by molar-refractivity contribution is -0.156. The van der Waals surface area contributed by atoms with Crippen molar-refractivity contribution in [2.45, 2.75) is 50.3 Å². The molecule has 0 amide bonds. The standard InChI is InChI=1S/C24H26N4O5/c1-15(17-11-7-4-8-12-17)25-33-22-19-13-18(27-23(30)26(2)24(31)28(19)27)21(20(22)29)32-14-16-9-5-3-6-10-16/h3-12,18-22,29H,13-14H2,1-2H3/b25-15+/t18?,19?,20-,21?,22?/m1/s1. The average Bonchev–Trinajstić information content (AvgIpc) is 3.30. The molecule has 0 radical (unpaired) electrons. The number of aromatic nitrogens is 3. The maximum Gasteiger partial charge on any atom is 0.347 e. The molecule has 5 atom stereocenters. The third-order valence-electron chi connectivity index (χ3n) is 6.53. The first-order valence-electron chi connectivity index (χ1n) is 11.0. The van der Waals surface area contributed by atoms with E-state index in [-0.39, 0.29) is 6.61 Å². The summed E-state index contributed by atoms with van der Waals surface area (Å²) in [6.45, 7) is 2.07. The maximum absolute atomic E-state index is 12.8. The quantitative estimate of drug-likeness (QED) is 0.454. The summed E-state index contributed by atoms with van der Waals surface area (Å²) in [6.07, 6.45) is -2.24. The summed E-state index contributed by atoms with van der Waals surface area (Å²) in [6, 6.07) is 18.1. The monoisotopic (exact) mass is 450 g/mol. The van der Waals surface area contributed by atoms with E-state index in [1.54, 1.807) is 0 Å². The van der Waals surface area contributed by atoms with Crippen molar-refractivity contribution in [1.29, 1.82) is 0 Å². The summed E-state index contributed by atoms with van der Waals surface area (Å²) in [7, 11) is 1.45. The van der Waals surface area contributed by atoms with Crippen LogP contribution in [0.1, 0.15) is 36.6 Å². The lowest BCUT2D eigenvalue weighted by Gasteiger charge is -2.37. The van der Waals surface area contributed by atoms with Gasteiger partial charge in [-0.2, -0.15) is 0 Å². The van der Waals surface area contributed by atoms with Crippen LogP contribution in [-0.2, 0) is 23.2 Å². The Bertz CT molecular complexity index is 1280. The third-order valence-corrected chi connectivity index (χ3v) is 6.53. The molecule has 2 bridgehead atoms. The van der Waals surface area contributed by atoms with Crippen LogP contribution in [0.5, 0.6) is 0 Å². The number of oxime groups is 1. The highest BCUT2D eigenvalue weighted by Gasteiger charge is 2.55. The van der Waals surface area contributed by atoms with Gasteiger partial charge in [0.05, 0.1) is 24.4 Å².